The molecule has 0 atom stereocenters. The molecule has 0 aromatic heterocycles. The van der Waals surface area contributed by atoms with Crippen LogP contribution in [0.25, 0.3) is 66.6 Å². The third kappa shape index (κ3) is 9.35. The van der Waals surface area contributed by atoms with Crippen molar-refractivity contribution in [2.45, 2.75) is 54.4 Å². The molecule has 1 N–H and O–H groups in total. The van der Waals surface area contributed by atoms with Gasteiger partial charge in [0.05, 0.1) is 0 Å². The molecule has 1 heteroatoms. The lowest BCUT2D eigenvalue weighted by Crippen LogP contribution is -2.00. The summed E-state index contributed by atoms with van der Waals surface area (Å²) in [4.78, 5) is 0. The van der Waals surface area contributed by atoms with E-state index in [1.54, 1.807) is 0 Å². The Morgan fingerprint density at radius 1 is 0.524 bits per heavy atom. The summed E-state index contributed by atoms with van der Waals surface area (Å²) >= 11 is 0. The van der Waals surface area contributed by atoms with Gasteiger partial charge >= 0.3 is 0 Å². The van der Waals surface area contributed by atoms with Crippen LogP contribution in [0.5, 0.6) is 0 Å². The Bertz CT molecular complexity index is 3080. The zero-order valence-corrected chi connectivity index (χ0v) is 37.5. The van der Waals surface area contributed by atoms with Gasteiger partial charge in [-0.3, -0.25) is 0 Å². The summed E-state index contributed by atoms with van der Waals surface area (Å²) in [6.45, 7) is 12.9. The molecule has 1 aliphatic rings. The Morgan fingerprint density at radius 2 is 1.22 bits per heavy atom. The molecule has 0 unspecified atom stereocenters. The average molecular weight is 816 g/mol. The smallest absolute Gasteiger partial charge is 0.0386 e. The lowest BCUT2D eigenvalue weighted by molar-refractivity contribution is 1.06. The molecule has 0 saturated heterocycles. The molecule has 9 rings (SSSR count). The van der Waals surface area contributed by atoms with Gasteiger partial charge in [0.15, 0.2) is 0 Å². The summed E-state index contributed by atoms with van der Waals surface area (Å²) in [5.74, 6) is 0. The topological polar surface area (TPSA) is 12.0 Å². The molecule has 0 spiro atoms. The van der Waals surface area contributed by atoms with Crippen molar-refractivity contribution in [2.75, 3.05) is 5.32 Å². The van der Waals surface area contributed by atoms with E-state index in [9.17, 15) is 0 Å². The molecule has 1 nitrogen and oxygen atoms in total. The maximum Gasteiger partial charge on any atom is 0.0386 e. The summed E-state index contributed by atoms with van der Waals surface area (Å²) in [7, 11) is 0. The third-order valence-electron chi connectivity index (χ3n) is 12.2. The van der Waals surface area contributed by atoms with E-state index in [1.807, 2.05) is 13.8 Å². The molecular formula is C62H57N. The predicted octanol–water partition coefficient (Wildman–Crippen LogP) is 17.7. The third-order valence-corrected chi connectivity index (χ3v) is 12.2. The summed E-state index contributed by atoms with van der Waals surface area (Å²) in [6, 6.07) is 61.8. The molecule has 0 amide bonds. The van der Waals surface area contributed by atoms with Crippen LogP contribution in [0.15, 0.2) is 206 Å². The van der Waals surface area contributed by atoms with Crippen LogP contribution in [-0.4, -0.2) is 0 Å². The minimum absolute atomic E-state index is 1.01. The summed E-state index contributed by atoms with van der Waals surface area (Å²) in [5, 5.41) is 8.54. The Labute approximate surface area is 375 Å². The van der Waals surface area contributed by atoms with Crippen LogP contribution in [0.1, 0.15) is 72.6 Å². The van der Waals surface area contributed by atoms with Crippen molar-refractivity contribution >= 4 is 50.0 Å². The number of nitrogens with one attached hydrogen (secondary N) is 1. The number of hydrogen-bond donors (Lipinski definition) is 1. The molecule has 0 radical (unpaired) electrons. The summed E-state index contributed by atoms with van der Waals surface area (Å²) in [6.07, 6.45) is 15.5. The molecule has 310 valence electrons. The second-order valence-electron chi connectivity index (χ2n) is 16.3. The summed E-state index contributed by atoms with van der Waals surface area (Å²) in [5.41, 5.74) is 20.0. The van der Waals surface area contributed by atoms with Crippen molar-refractivity contribution in [1.29, 1.82) is 0 Å². The van der Waals surface area contributed by atoms with E-state index in [-0.39, 0.29) is 0 Å². The normalized spacial score (nSPS) is 13.1. The fourth-order valence-corrected chi connectivity index (χ4v) is 8.92. The van der Waals surface area contributed by atoms with Crippen LogP contribution >= 0.6 is 0 Å². The number of benzene rings is 8. The highest BCUT2D eigenvalue weighted by Crippen LogP contribution is 2.42. The standard InChI is InChI=1S/C60H51N.C2H6/c1-41-17-8-11-23-51(41)54-24-12-13-25-55(54)56-26-14-15-27-57(56)59-39-48-22-16-28-53(60(48)37-44(59)4)49-32-30-43(3)58(40-49)52(42(2)29-31-45-18-6-5-7-19-45)35-36-61-50-34-33-46-20-9-10-21-47(46)38-50;1-2/h5-13,15-25,27-40,61H,14,26H2,1-4H3;1-2H3/b31-29-,36-35+,52-42+;. The highest BCUT2D eigenvalue weighted by molar-refractivity contribution is 6.05. The molecule has 63 heavy (non-hydrogen) atoms. The Kier molecular flexibility index (Phi) is 13.3. The van der Waals surface area contributed by atoms with E-state index in [4.69, 9.17) is 0 Å². The van der Waals surface area contributed by atoms with E-state index in [0.29, 0.717) is 0 Å². The van der Waals surface area contributed by atoms with Crippen LogP contribution in [-0.2, 0) is 0 Å². The van der Waals surface area contributed by atoms with Crippen molar-refractivity contribution < 1.29 is 0 Å². The highest BCUT2D eigenvalue weighted by atomic mass is 14.8. The average Bonchev–Trinajstić information content (AvgIpc) is 3.33. The predicted molar refractivity (Wildman–Crippen MR) is 277 cm³/mol. The van der Waals surface area contributed by atoms with Crippen LogP contribution in [0, 0.1) is 20.8 Å². The fraction of sp³-hybridized carbons (Fsp3) is 0.129. The minimum atomic E-state index is 1.01. The summed E-state index contributed by atoms with van der Waals surface area (Å²) < 4.78 is 0. The highest BCUT2D eigenvalue weighted by Gasteiger charge is 2.19. The van der Waals surface area contributed by atoms with Crippen molar-refractivity contribution in [3.63, 3.8) is 0 Å². The molecule has 0 fully saturated rings. The lowest BCUT2D eigenvalue weighted by atomic mass is 9.82. The van der Waals surface area contributed by atoms with E-state index in [1.165, 1.54) is 105 Å². The van der Waals surface area contributed by atoms with Gasteiger partial charge in [-0.15, -0.1) is 0 Å². The van der Waals surface area contributed by atoms with Crippen molar-refractivity contribution in [3.05, 3.63) is 245 Å². The van der Waals surface area contributed by atoms with Gasteiger partial charge < -0.3 is 5.32 Å². The lowest BCUT2D eigenvalue weighted by Gasteiger charge is -2.22. The number of rotatable bonds is 10. The van der Waals surface area contributed by atoms with E-state index in [0.717, 1.165) is 18.5 Å². The van der Waals surface area contributed by atoms with Crippen molar-refractivity contribution in [1.82, 2.24) is 0 Å². The molecule has 8 aromatic rings. The molecule has 8 aromatic carbocycles. The largest absolute Gasteiger partial charge is 0.362 e. The van der Waals surface area contributed by atoms with Gasteiger partial charge in [0, 0.05) is 11.9 Å². The minimum Gasteiger partial charge on any atom is -0.362 e. The molecule has 0 aliphatic heterocycles. The van der Waals surface area contributed by atoms with Gasteiger partial charge in [-0.05, 0) is 176 Å². The SMILES string of the molecule is CC.CC(/C=C\c1ccccc1)=C(/C=C/Nc1ccc2ccccc2c1)c1cc(-c2cccc3cc(C4=C(c5ccccc5-c5ccccc5C)CCC=C4)c(C)cc23)ccc1C. The second kappa shape index (κ2) is 19.7. The number of hydrogen-bond acceptors (Lipinski definition) is 1. The maximum atomic E-state index is 3.57. The van der Waals surface area contributed by atoms with Crippen LogP contribution < -0.4 is 5.32 Å². The molecule has 1 aliphatic carbocycles. The first-order valence-corrected chi connectivity index (χ1v) is 22.5. The quantitative estimate of drug-likeness (QED) is 0.136. The molecule has 0 heterocycles. The van der Waals surface area contributed by atoms with Crippen molar-refractivity contribution in [3.8, 4) is 22.3 Å². The van der Waals surface area contributed by atoms with Gasteiger partial charge in [-0.2, -0.15) is 0 Å². The maximum absolute atomic E-state index is 3.57. The Morgan fingerprint density at radius 3 is 2.03 bits per heavy atom. The molecule has 0 bridgehead atoms. The van der Waals surface area contributed by atoms with E-state index in [2.05, 4.69) is 239 Å². The monoisotopic (exact) mass is 815 g/mol. The molecule has 0 saturated carbocycles. The second-order valence-corrected chi connectivity index (χ2v) is 16.3. The van der Waals surface area contributed by atoms with Gasteiger partial charge in [0.25, 0.3) is 0 Å². The van der Waals surface area contributed by atoms with E-state index < -0.39 is 0 Å². The molecular weight excluding hydrogens is 759 g/mol. The number of allylic oxidation sites excluding steroid dienone is 8. The number of fused-ring (bicyclic) bond motifs is 2. The van der Waals surface area contributed by atoms with Gasteiger partial charge in [-0.1, -0.05) is 184 Å². The first-order chi connectivity index (χ1) is 30.9. The first-order valence-electron chi connectivity index (χ1n) is 22.5. The number of aryl methyl sites for hydroxylation is 3. The van der Waals surface area contributed by atoms with E-state index >= 15 is 0 Å². The van der Waals surface area contributed by atoms with Gasteiger partial charge in [0.1, 0.15) is 0 Å². The van der Waals surface area contributed by atoms with Gasteiger partial charge in [-0.25, -0.2) is 0 Å². The fourth-order valence-electron chi connectivity index (χ4n) is 8.92. The zero-order chi connectivity index (χ0) is 43.7. The van der Waals surface area contributed by atoms with Gasteiger partial charge in [0.2, 0.25) is 0 Å². The Balaban J connectivity index is 0.00000268. The first kappa shape index (κ1) is 42.5. The van der Waals surface area contributed by atoms with Crippen LogP contribution in [0.3, 0.4) is 0 Å². The van der Waals surface area contributed by atoms with Crippen molar-refractivity contribution in [2.24, 2.45) is 0 Å². The van der Waals surface area contributed by atoms with Crippen LogP contribution in [0.2, 0.25) is 0 Å². The van der Waals surface area contributed by atoms with Crippen LogP contribution in [0.4, 0.5) is 5.69 Å². The zero-order valence-electron chi connectivity index (χ0n) is 37.5. The Hall–Kier alpha value is -7.22. The number of anilines is 1.